The highest BCUT2D eigenvalue weighted by Gasteiger charge is 2.20. The summed E-state index contributed by atoms with van der Waals surface area (Å²) in [4.78, 5) is 13.0. The number of nitrogens with zero attached hydrogens (tertiary/aromatic N) is 1. The second kappa shape index (κ2) is 3.45. The number of hydrogen-bond acceptors (Lipinski definition) is 3. The highest BCUT2D eigenvalue weighted by Crippen LogP contribution is 2.35. The number of phenolic OH excluding ortho intramolecular Hbond substituents is 1. The molecule has 0 aliphatic carbocycles. The first-order chi connectivity index (χ1) is 7.20. The molecule has 76 valence electrons. The number of benzene rings is 1. The predicted octanol–water partition coefficient (Wildman–Crippen LogP) is 2.30. The van der Waals surface area contributed by atoms with E-state index in [4.69, 9.17) is 0 Å². The Morgan fingerprint density at radius 2 is 2.07 bits per heavy atom. The molecule has 2 N–H and O–H groups in total. The quantitative estimate of drug-likeness (QED) is 0.581. The van der Waals surface area contributed by atoms with Gasteiger partial charge in [0.15, 0.2) is 5.75 Å². The van der Waals surface area contributed by atoms with E-state index in [0.29, 0.717) is 11.3 Å². The van der Waals surface area contributed by atoms with Gasteiger partial charge in [-0.05, 0) is 24.3 Å². The molecule has 15 heavy (non-hydrogen) atoms. The molecule has 0 aliphatic rings. The number of H-pyrrole nitrogens is 1. The number of phenols is 1. The molecule has 0 unspecified atom stereocenters. The van der Waals surface area contributed by atoms with Crippen LogP contribution in [-0.4, -0.2) is 15.0 Å². The van der Waals surface area contributed by atoms with Gasteiger partial charge in [0, 0.05) is 6.20 Å². The number of rotatable bonds is 2. The normalized spacial score (nSPS) is 10.1. The van der Waals surface area contributed by atoms with Gasteiger partial charge in [0.25, 0.3) is 0 Å². The molecule has 0 amide bonds. The highest BCUT2D eigenvalue weighted by molar-refractivity contribution is 5.74. The van der Waals surface area contributed by atoms with E-state index in [-0.39, 0.29) is 11.4 Å². The van der Waals surface area contributed by atoms with Crippen LogP contribution in [0, 0.1) is 10.1 Å². The van der Waals surface area contributed by atoms with Crippen molar-refractivity contribution in [2.75, 3.05) is 0 Å². The molecule has 0 spiro atoms. The first-order valence-corrected chi connectivity index (χ1v) is 4.30. The van der Waals surface area contributed by atoms with E-state index in [0.717, 1.165) is 0 Å². The van der Waals surface area contributed by atoms with Crippen LogP contribution < -0.4 is 0 Å². The number of nitro benzene ring substituents is 1. The van der Waals surface area contributed by atoms with Crippen molar-refractivity contribution < 1.29 is 10.0 Å². The van der Waals surface area contributed by atoms with Crippen molar-refractivity contribution in [1.82, 2.24) is 4.98 Å². The average molecular weight is 204 g/mol. The van der Waals surface area contributed by atoms with Crippen LogP contribution in [0.15, 0.2) is 36.5 Å². The Balaban J connectivity index is 2.66. The van der Waals surface area contributed by atoms with Gasteiger partial charge < -0.3 is 10.1 Å². The fraction of sp³-hybridized carbons (Fsp3) is 0. The van der Waals surface area contributed by atoms with Gasteiger partial charge in [0.2, 0.25) is 0 Å². The summed E-state index contributed by atoms with van der Waals surface area (Å²) in [6, 6.07) is 7.90. The molecule has 1 aromatic carbocycles. The second-order valence-corrected chi connectivity index (χ2v) is 3.01. The molecular weight excluding hydrogens is 196 g/mol. The third kappa shape index (κ3) is 1.54. The lowest BCUT2D eigenvalue weighted by molar-refractivity contribution is -0.385. The zero-order chi connectivity index (χ0) is 10.8. The van der Waals surface area contributed by atoms with Crippen molar-refractivity contribution in [2.45, 2.75) is 0 Å². The number of aromatic hydroxyl groups is 1. The third-order valence-electron chi connectivity index (χ3n) is 2.09. The van der Waals surface area contributed by atoms with Crippen molar-refractivity contribution in [3.63, 3.8) is 0 Å². The number of para-hydroxylation sites is 1. The van der Waals surface area contributed by atoms with Gasteiger partial charge in [-0.2, -0.15) is 0 Å². The van der Waals surface area contributed by atoms with Crippen molar-refractivity contribution >= 4 is 5.69 Å². The van der Waals surface area contributed by atoms with Gasteiger partial charge in [-0.3, -0.25) is 10.1 Å². The van der Waals surface area contributed by atoms with E-state index in [1.54, 1.807) is 30.5 Å². The maximum atomic E-state index is 10.8. The summed E-state index contributed by atoms with van der Waals surface area (Å²) in [7, 11) is 0. The van der Waals surface area contributed by atoms with Crippen LogP contribution in [-0.2, 0) is 0 Å². The second-order valence-electron chi connectivity index (χ2n) is 3.01. The summed E-state index contributed by atoms with van der Waals surface area (Å²) < 4.78 is 0. The Morgan fingerprint density at radius 3 is 2.67 bits per heavy atom. The molecular formula is C10H8N2O3. The minimum absolute atomic E-state index is 0.278. The summed E-state index contributed by atoms with van der Waals surface area (Å²) in [5, 5.41) is 20.2. The SMILES string of the molecule is O=[N+]([O-])c1c(O)cccc1-c1ccc[nH]1. The summed E-state index contributed by atoms with van der Waals surface area (Å²) in [5.41, 5.74) is 0.711. The molecule has 1 heterocycles. The minimum Gasteiger partial charge on any atom is -0.502 e. The molecule has 2 rings (SSSR count). The standard InChI is InChI=1S/C10H8N2O3/c13-9-5-1-3-7(10(9)12(14)15)8-4-2-6-11-8/h1-6,11,13H. The monoisotopic (exact) mass is 204 g/mol. The first kappa shape index (κ1) is 9.26. The number of aromatic nitrogens is 1. The molecule has 0 aliphatic heterocycles. The molecule has 0 bridgehead atoms. The number of nitro groups is 1. The van der Waals surface area contributed by atoms with Gasteiger partial charge in [0.1, 0.15) is 0 Å². The zero-order valence-corrected chi connectivity index (χ0v) is 7.68. The highest BCUT2D eigenvalue weighted by atomic mass is 16.6. The van der Waals surface area contributed by atoms with Gasteiger partial charge in [-0.15, -0.1) is 0 Å². The lowest BCUT2D eigenvalue weighted by atomic mass is 10.1. The first-order valence-electron chi connectivity index (χ1n) is 4.30. The van der Waals surface area contributed by atoms with E-state index in [1.807, 2.05) is 0 Å². The minimum atomic E-state index is -0.592. The Hall–Kier alpha value is -2.30. The fourth-order valence-electron chi connectivity index (χ4n) is 1.44. The summed E-state index contributed by atoms with van der Waals surface area (Å²) in [5.74, 6) is -0.327. The van der Waals surface area contributed by atoms with Crippen molar-refractivity contribution in [1.29, 1.82) is 0 Å². The summed E-state index contributed by atoms with van der Waals surface area (Å²) >= 11 is 0. The van der Waals surface area contributed by atoms with Crippen LogP contribution >= 0.6 is 0 Å². The molecule has 0 fully saturated rings. The Bertz CT molecular complexity index is 491. The summed E-state index contributed by atoms with van der Waals surface area (Å²) in [6.07, 6.45) is 1.67. The number of aromatic amines is 1. The van der Waals surface area contributed by atoms with E-state index in [2.05, 4.69) is 4.98 Å². The lowest BCUT2D eigenvalue weighted by Gasteiger charge is -2.01. The number of nitrogens with one attached hydrogen (secondary N) is 1. The molecule has 0 saturated carbocycles. The summed E-state index contributed by atoms with van der Waals surface area (Å²) in [6.45, 7) is 0. The van der Waals surface area contributed by atoms with Crippen LogP contribution in [0.4, 0.5) is 5.69 Å². The van der Waals surface area contributed by atoms with Crippen LogP contribution in [0.1, 0.15) is 0 Å². The lowest BCUT2D eigenvalue weighted by Crippen LogP contribution is -1.92. The predicted molar refractivity (Wildman–Crippen MR) is 54.5 cm³/mol. The largest absolute Gasteiger partial charge is 0.502 e. The van der Waals surface area contributed by atoms with Gasteiger partial charge in [-0.25, -0.2) is 0 Å². The molecule has 1 aromatic heterocycles. The van der Waals surface area contributed by atoms with Crippen molar-refractivity contribution in [2.24, 2.45) is 0 Å². The average Bonchev–Trinajstić information content (AvgIpc) is 2.69. The molecule has 2 aromatic rings. The number of hydrogen-bond donors (Lipinski definition) is 2. The smallest absolute Gasteiger partial charge is 0.319 e. The van der Waals surface area contributed by atoms with Crippen LogP contribution in [0.5, 0.6) is 5.75 Å². The van der Waals surface area contributed by atoms with E-state index in [1.165, 1.54) is 6.07 Å². The van der Waals surface area contributed by atoms with Gasteiger partial charge in [-0.1, -0.05) is 6.07 Å². The Kier molecular flexibility index (Phi) is 2.13. The van der Waals surface area contributed by atoms with Gasteiger partial charge in [0.05, 0.1) is 16.2 Å². The van der Waals surface area contributed by atoms with Crippen molar-refractivity contribution in [3.8, 4) is 17.0 Å². The molecule has 0 atom stereocenters. The van der Waals surface area contributed by atoms with E-state index in [9.17, 15) is 15.2 Å². The Labute approximate surface area is 85.1 Å². The van der Waals surface area contributed by atoms with E-state index >= 15 is 0 Å². The molecule has 5 heteroatoms. The molecule has 5 nitrogen and oxygen atoms in total. The topological polar surface area (TPSA) is 79.2 Å². The maximum absolute atomic E-state index is 10.8. The van der Waals surface area contributed by atoms with Crippen LogP contribution in [0.3, 0.4) is 0 Å². The van der Waals surface area contributed by atoms with Crippen LogP contribution in [0.2, 0.25) is 0 Å². The Morgan fingerprint density at radius 1 is 1.27 bits per heavy atom. The van der Waals surface area contributed by atoms with Crippen LogP contribution in [0.25, 0.3) is 11.3 Å². The van der Waals surface area contributed by atoms with E-state index < -0.39 is 4.92 Å². The molecule has 0 radical (unpaired) electrons. The van der Waals surface area contributed by atoms with Crippen molar-refractivity contribution in [3.05, 3.63) is 46.6 Å². The fourth-order valence-corrected chi connectivity index (χ4v) is 1.44. The molecule has 0 saturated heterocycles. The third-order valence-corrected chi connectivity index (χ3v) is 2.09. The van der Waals surface area contributed by atoms with Gasteiger partial charge >= 0.3 is 5.69 Å². The maximum Gasteiger partial charge on any atom is 0.319 e. The zero-order valence-electron chi connectivity index (χ0n) is 7.68.